The highest BCUT2D eigenvalue weighted by molar-refractivity contribution is 5.99. The third kappa shape index (κ3) is 2.58. The van der Waals surface area contributed by atoms with Gasteiger partial charge in [-0.2, -0.15) is 0 Å². The molecule has 4 nitrogen and oxygen atoms in total. The summed E-state index contributed by atoms with van der Waals surface area (Å²) in [6.07, 6.45) is 5.91. The van der Waals surface area contributed by atoms with Crippen molar-refractivity contribution in [2.45, 2.75) is 18.9 Å². The maximum atomic E-state index is 12.0. The van der Waals surface area contributed by atoms with E-state index in [1.54, 1.807) is 25.3 Å². The fourth-order valence-electron chi connectivity index (χ4n) is 1.86. The minimum atomic E-state index is -0.143. The Morgan fingerprint density at radius 1 is 1.41 bits per heavy atom. The molecule has 0 aliphatic heterocycles. The van der Waals surface area contributed by atoms with Gasteiger partial charge in [0.25, 0.3) is 5.91 Å². The smallest absolute Gasteiger partial charge is 0.253 e. The van der Waals surface area contributed by atoms with Crippen molar-refractivity contribution in [3.05, 3.63) is 35.9 Å². The Kier molecular flexibility index (Phi) is 3.32. The Hall–Kier alpha value is -1.97. The number of methoxy groups -OCH3 is 1. The van der Waals surface area contributed by atoms with E-state index in [4.69, 9.17) is 10.5 Å². The van der Waals surface area contributed by atoms with Gasteiger partial charge in [0, 0.05) is 11.7 Å². The first-order chi connectivity index (χ1) is 8.20. The number of hydrogen-bond donors (Lipinski definition) is 2. The zero-order valence-electron chi connectivity index (χ0n) is 9.77. The minimum Gasteiger partial charge on any atom is -0.497 e. The number of ether oxygens (including phenoxy) is 1. The monoisotopic (exact) mass is 232 g/mol. The summed E-state index contributed by atoms with van der Waals surface area (Å²) in [5.74, 6) is 0.490. The molecule has 1 aromatic carbocycles. The Morgan fingerprint density at radius 3 is 2.76 bits per heavy atom. The summed E-state index contributed by atoms with van der Waals surface area (Å²) in [5, 5.41) is 2.95. The van der Waals surface area contributed by atoms with Crippen LogP contribution in [0, 0.1) is 0 Å². The van der Waals surface area contributed by atoms with E-state index < -0.39 is 0 Å². The molecule has 90 valence electrons. The van der Waals surface area contributed by atoms with Crippen molar-refractivity contribution in [1.29, 1.82) is 0 Å². The molecule has 1 aromatic rings. The van der Waals surface area contributed by atoms with Crippen LogP contribution in [0.2, 0.25) is 0 Å². The predicted molar refractivity (Wildman–Crippen MR) is 67.0 cm³/mol. The lowest BCUT2D eigenvalue weighted by Crippen LogP contribution is -2.33. The zero-order chi connectivity index (χ0) is 12.3. The predicted octanol–water partition coefficient (Wildman–Crippen LogP) is 1.73. The summed E-state index contributed by atoms with van der Waals surface area (Å²) in [6.45, 7) is 0. The van der Waals surface area contributed by atoms with E-state index in [1.807, 2.05) is 0 Å². The van der Waals surface area contributed by atoms with Crippen molar-refractivity contribution in [2.75, 3.05) is 12.8 Å². The highest BCUT2D eigenvalue weighted by Gasteiger charge is 2.16. The number of carbonyl (C=O) groups excluding carboxylic acids is 1. The number of nitrogens with one attached hydrogen (secondary N) is 1. The second-order valence-electron chi connectivity index (χ2n) is 4.07. The summed E-state index contributed by atoms with van der Waals surface area (Å²) < 4.78 is 5.08. The van der Waals surface area contributed by atoms with Crippen molar-refractivity contribution in [2.24, 2.45) is 0 Å². The number of carbonyl (C=O) groups is 1. The van der Waals surface area contributed by atoms with Gasteiger partial charge < -0.3 is 15.8 Å². The normalized spacial score (nSPS) is 14.9. The molecule has 0 spiro atoms. The number of anilines is 1. The van der Waals surface area contributed by atoms with Crippen LogP contribution in [-0.4, -0.2) is 19.1 Å². The van der Waals surface area contributed by atoms with Gasteiger partial charge in [0.05, 0.1) is 12.7 Å². The van der Waals surface area contributed by atoms with Crippen molar-refractivity contribution in [3.63, 3.8) is 0 Å². The maximum Gasteiger partial charge on any atom is 0.253 e. The van der Waals surface area contributed by atoms with E-state index in [1.165, 1.54) is 0 Å². The Labute approximate surface area is 100 Å². The van der Waals surface area contributed by atoms with Crippen molar-refractivity contribution >= 4 is 11.6 Å². The summed E-state index contributed by atoms with van der Waals surface area (Å²) in [6, 6.07) is 5.27. The van der Waals surface area contributed by atoms with Crippen LogP contribution >= 0.6 is 0 Å². The van der Waals surface area contributed by atoms with E-state index in [0.717, 1.165) is 12.8 Å². The first-order valence-electron chi connectivity index (χ1n) is 5.60. The maximum absolute atomic E-state index is 12.0. The highest BCUT2D eigenvalue weighted by atomic mass is 16.5. The fourth-order valence-corrected chi connectivity index (χ4v) is 1.86. The van der Waals surface area contributed by atoms with Crippen LogP contribution in [0.4, 0.5) is 5.69 Å². The SMILES string of the molecule is COc1ccc(N)c(C(=O)NC2CC=CC2)c1. The van der Waals surface area contributed by atoms with Crippen LogP contribution in [0.25, 0.3) is 0 Å². The van der Waals surface area contributed by atoms with E-state index in [2.05, 4.69) is 17.5 Å². The van der Waals surface area contributed by atoms with Crippen LogP contribution < -0.4 is 15.8 Å². The molecule has 1 aliphatic rings. The summed E-state index contributed by atoms with van der Waals surface area (Å²) >= 11 is 0. The standard InChI is InChI=1S/C13H16N2O2/c1-17-10-6-7-12(14)11(8-10)13(16)15-9-4-2-3-5-9/h2-3,6-9H,4-5,14H2,1H3,(H,15,16). The molecule has 0 saturated carbocycles. The van der Waals surface area contributed by atoms with Gasteiger partial charge in [-0.1, -0.05) is 12.2 Å². The molecule has 0 unspecified atom stereocenters. The molecule has 0 bridgehead atoms. The molecule has 1 amide bonds. The van der Waals surface area contributed by atoms with Crippen LogP contribution in [0.1, 0.15) is 23.2 Å². The number of nitrogen functional groups attached to an aromatic ring is 1. The van der Waals surface area contributed by atoms with Crippen LogP contribution in [-0.2, 0) is 0 Å². The molecule has 2 rings (SSSR count). The second-order valence-corrected chi connectivity index (χ2v) is 4.07. The van der Waals surface area contributed by atoms with Gasteiger partial charge in [-0.3, -0.25) is 4.79 Å². The van der Waals surface area contributed by atoms with Gasteiger partial charge in [-0.25, -0.2) is 0 Å². The van der Waals surface area contributed by atoms with Gasteiger partial charge in [-0.15, -0.1) is 0 Å². The van der Waals surface area contributed by atoms with E-state index in [-0.39, 0.29) is 11.9 Å². The summed E-state index contributed by atoms with van der Waals surface area (Å²) in [7, 11) is 1.56. The number of rotatable bonds is 3. The molecule has 4 heteroatoms. The molecule has 0 fully saturated rings. The zero-order valence-corrected chi connectivity index (χ0v) is 9.77. The summed E-state index contributed by atoms with van der Waals surface area (Å²) in [4.78, 5) is 12.0. The number of hydrogen-bond acceptors (Lipinski definition) is 3. The minimum absolute atomic E-state index is 0.143. The van der Waals surface area contributed by atoms with Crippen molar-refractivity contribution in [1.82, 2.24) is 5.32 Å². The first-order valence-corrected chi connectivity index (χ1v) is 5.60. The fraction of sp³-hybridized carbons (Fsp3) is 0.308. The van der Waals surface area contributed by atoms with Gasteiger partial charge >= 0.3 is 0 Å². The largest absolute Gasteiger partial charge is 0.497 e. The van der Waals surface area contributed by atoms with Gasteiger partial charge in [-0.05, 0) is 31.0 Å². The summed E-state index contributed by atoms with van der Waals surface area (Å²) in [5.41, 5.74) is 6.72. The topological polar surface area (TPSA) is 64.3 Å². The molecule has 0 aromatic heterocycles. The van der Waals surface area contributed by atoms with Crippen molar-refractivity contribution < 1.29 is 9.53 Å². The Morgan fingerprint density at radius 2 is 2.12 bits per heavy atom. The van der Waals surface area contributed by atoms with Gasteiger partial charge in [0.1, 0.15) is 5.75 Å². The molecule has 17 heavy (non-hydrogen) atoms. The molecular formula is C13H16N2O2. The number of amides is 1. The molecule has 3 N–H and O–H groups in total. The number of benzene rings is 1. The lowest BCUT2D eigenvalue weighted by molar-refractivity contribution is 0.0939. The quantitative estimate of drug-likeness (QED) is 0.616. The molecular weight excluding hydrogens is 216 g/mol. The molecule has 1 aliphatic carbocycles. The van der Waals surface area contributed by atoms with Crippen LogP contribution in [0.3, 0.4) is 0 Å². The van der Waals surface area contributed by atoms with E-state index in [0.29, 0.717) is 17.0 Å². The molecule has 0 saturated heterocycles. The number of nitrogens with two attached hydrogens (primary N) is 1. The average molecular weight is 232 g/mol. The Bertz CT molecular complexity index is 447. The van der Waals surface area contributed by atoms with E-state index in [9.17, 15) is 4.79 Å². The third-order valence-corrected chi connectivity index (χ3v) is 2.85. The average Bonchev–Trinajstić information content (AvgIpc) is 2.82. The Balaban J connectivity index is 2.12. The molecule has 0 heterocycles. The molecule has 0 atom stereocenters. The lowest BCUT2D eigenvalue weighted by Gasteiger charge is -2.13. The highest BCUT2D eigenvalue weighted by Crippen LogP contribution is 2.20. The first kappa shape index (κ1) is 11.5. The van der Waals surface area contributed by atoms with E-state index >= 15 is 0 Å². The van der Waals surface area contributed by atoms with Crippen LogP contribution in [0.15, 0.2) is 30.4 Å². The molecule has 0 radical (unpaired) electrons. The van der Waals surface area contributed by atoms with Crippen LogP contribution in [0.5, 0.6) is 5.75 Å². The second kappa shape index (κ2) is 4.91. The van der Waals surface area contributed by atoms with Crippen molar-refractivity contribution in [3.8, 4) is 5.75 Å². The lowest BCUT2D eigenvalue weighted by atomic mass is 10.1. The van der Waals surface area contributed by atoms with Gasteiger partial charge in [0.2, 0.25) is 0 Å². The van der Waals surface area contributed by atoms with Gasteiger partial charge in [0.15, 0.2) is 0 Å². The third-order valence-electron chi connectivity index (χ3n) is 2.85.